The Balaban J connectivity index is 0.00000233. The third kappa shape index (κ3) is 10.2. The van der Waals surface area contributed by atoms with Gasteiger partial charge in [0.1, 0.15) is 23.4 Å². The first-order valence-electron chi connectivity index (χ1n) is 9.52. The number of thioether (sulfide) groups is 1. The summed E-state index contributed by atoms with van der Waals surface area (Å²) in [6.45, 7) is 4.33. The Labute approximate surface area is 188 Å². The van der Waals surface area contributed by atoms with E-state index in [-0.39, 0.29) is 12.0 Å². The number of ether oxygens (including phenoxy) is 3. The van der Waals surface area contributed by atoms with E-state index in [4.69, 9.17) is 19.3 Å². The number of aliphatic imine (C=N–C) groups is 1. The molecular weight excluding hydrogens is 416 g/mol. The van der Waals surface area contributed by atoms with Crippen LogP contribution in [-0.2, 0) is 4.74 Å². The van der Waals surface area contributed by atoms with Gasteiger partial charge in [-0.15, -0.1) is 11.8 Å². The number of aliphatic hydroxyl groups is 1. The fourth-order valence-electron chi connectivity index (χ4n) is 2.39. The maximum atomic E-state index is 12.5. The summed E-state index contributed by atoms with van der Waals surface area (Å²) in [5.74, 6) is 1.38. The number of carbonyl (C=O) groups excluding carboxylic acids is 1. The molecule has 0 bridgehead atoms. The molecule has 0 aliphatic heterocycles. The molecule has 2 aromatic rings. The molecule has 2 aromatic carbocycles. The van der Waals surface area contributed by atoms with E-state index in [2.05, 4.69) is 10.3 Å². The molecule has 0 radical (unpaired) electrons. The first-order valence-corrected chi connectivity index (χ1v) is 10.8. The number of hydrogen-bond donors (Lipinski definition) is 2. The predicted octanol–water partition coefficient (Wildman–Crippen LogP) is 4.40. The molecule has 0 aliphatic rings. The van der Waals surface area contributed by atoms with Crippen molar-refractivity contribution in [3.8, 4) is 17.2 Å². The van der Waals surface area contributed by atoms with Crippen LogP contribution in [0, 0.1) is 6.92 Å². The largest absolute Gasteiger partial charge is 0.488 e. The number of methoxy groups -OCH3 is 1. The zero-order valence-corrected chi connectivity index (χ0v) is 19.3. The summed E-state index contributed by atoms with van der Waals surface area (Å²) in [6, 6.07) is 12.7. The molecule has 8 heteroatoms. The Morgan fingerprint density at radius 2 is 1.84 bits per heavy atom. The van der Waals surface area contributed by atoms with Gasteiger partial charge in [0.15, 0.2) is 0 Å². The Bertz CT molecular complexity index is 854. The van der Waals surface area contributed by atoms with Gasteiger partial charge < -0.3 is 24.6 Å². The maximum absolute atomic E-state index is 12.5. The zero-order valence-electron chi connectivity index (χ0n) is 18.5. The van der Waals surface area contributed by atoms with Crippen LogP contribution < -0.4 is 14.8 Å². The molecule has 0 saturated carbocycles. The van der Waals surface area contributed by atoms with Crippen molar-refractivity contribution < 1.29 is 24.1 Å². The van der Waals surface area contributed by atoms with Crippen molar-refractivity contribution in [2.24, 2.45) is 4.99 Å². The number of benzene rings is 2. The van der Waals surface area contributed by atoms with Gasteiger partial charge in [-0.3, -0.25) is 4.79 Å². The van der Waals surface area contributed by atoms with Crippen LogP contribution in [0.15, 0.2) is 59.1 Å². The number of amides is 1. The number of hydrogen-bond acceptors (Lipinski definition) is 7. The predicted molar refractivity (Wildman–Crippen MR) is 126 cm³/mol. The minimum absolute atomic E-state index is 0.177. The first kappa shape index (κ1) is 26.2. The minimum atomic E-state index is -0.315. The molecule has 0 spiro atoms. The topological polar surface area (TPSA) is 89.4 Å². The summed E-state index contributed by atoms with van der Waals surface area (Å²) in [5, 5.41) is 11.4. The number of aryl methyl sites for hydroxylation is 1. The molecule has 2 rings (SSSR count). The van der Waals surface area contributed by atoms with Crippen molar-refractivity contribution in [1.29, 1.82) is 0 Å². The van der Waals surface area contributed by atoms with E-state index in [1.54, 1.807) is 31.5 Å². The SMILES string of the molecule is CO.COCC(C)Oc1cc(Oc2ccc(C)cc2)cc(C(=O)NC=N/C=C\SC)c1. The Hall–Kier alpha value is -2.81. The fourth-order valence-corrected chi connectivity index (χ4v) is 2.58. The molecule has 0 aromatic heterocycles. The van der Waals surface area contributed by atoms with Crippen LogP contribution in [0.5, 0.6) is 17.2 Å². The number of carbonyl (C=O) groups is 1. The van der Waals surface area contributed by atoms with Gasteiger partial charge in [-0.05, 0) is 49.8 Å². The maximum Gasteiger partial charge on any atom is 0.256 e. The van der Waals surface area contributed by atoms with Crippen LogP contribution >= 0.6 is 11.8 Å². The van der Waals surface area contributed by atoms with E-state index in [1.807, 2.05) is 49.8 Å². The molecule has 168 valence electrons. The zero-order chi connectivity index (χ0) is 23.1. The average molecular weight is 447 g/mol. The van der Waals surface area contributed by atoms with Gasteiger partial charge in [-0.1, -0.05) is 17.7 Å². The highest BCUT2D eigenvalue weighted by Gasteiger charge is 2.12. The van der Waals surface area contributed by atoms with Crippen molar-refractivity contribution in [2.45, 2.75) is 20.0 Å². The molecule has 31 heavy (non-hydrogen) atoms. The molecule has 1 unspecified atom stereocenters. The Morgan fingerprint density at radius 1 is 1.16 bits per heavy atom. The second kappa shape index (κ2) is 15.1. The van der Waals surface area contributed by atoms with Gasteiger partial charge in [0.25, 0.3) is 5.91 Å². The summed E-state index contributed by atoms with van der Waals surface area (Å²) in [6.07, 6.45) is 4.69. The fraction of sp³-hybridized carbons (Fsp3) is 0.304. The van der Waals surface area contributed by atoms with E-state index in [1.165, 1.54) is 18.1 Å². The van der Waals surface area contributed by atoms with E-state index >= 15 is 0 Å². The van der Waals surface area contributed by atoms with Crippen LogP contribution in [0.1, 0.15) is 22.8 Å². The van der Waals surface area contributed by atoms with Gasteiger partial charge in [0, 0.05) is 32.0 Å². The smallest absolute Gasteiger partial charge is 0.256 e. The van der Waals surface area contributed by atoms with Crippen LogP contribution in [0.4, 0.5) is 0 Å². The molecular formula is C23H30N2O5S. The molecule has 0 fully saturated rings. The Morgan fingerprint density at radius 3 is 2.48 bits per heavy atom. The normalized spacial score (nSPS) is 11.7. The molecule has 1 atom stereocenters. The van der Waals surface area contributed by atoms with Gasteiger partial charge >= 0.3 is 0 Å². The summed E-state index contributed by atoms with van der Waals surface area (Å²) in [5.41, 5.74) is 1.53. The second-order valence-electron chi connectivity index (χ2n) is 6.26. The average Bonchev–Trinajstić information content (AvgIpc) is 2.76. The molecule has 1 amide bonds. The Kier molecular flexibility index (Phi) is 12.7. The molecule has 0 saturated heterocycles. The number of rotatable bonds is 10. The van der Waals surface area contributed by atoms with E-state index in [0.717, 1.165) is 12.7 Å². The monoisotopic (exact) mass is 446 g/mol. The third-order valence-corrected chi connectivity index (χ3v) is 4.08. The summed E-state index contributed by atoms with van der Waals surface area (Å²) < 4.78 is 16.9. The third-order valence-electron chi connectivity index (χ3n) is 3.69. The highest BCUT2D eigenvalue weighted by molar-refractivity contribution is 8.01. The standard InChI is InChI=1S/C22H26N2O4S.CH4O/c1-16-5-7-19(8-6-16)28-21-12-18(22(25)24-15-23-9-10-29-4)11-20(13-21)27-17(2)14-26-3;1-2/h5-13,15,17H,14H2,1-4H3,(H,23,24,25);2H,1H3/b10-9-;. The van der Waals surface area contributed by atoms with E-state index < -0.39 is 0 Å². The van der Waals surface area contributed by atoms with Crippen molar-refractivity contribution in [3.05, 3.63) is 65.2 Å². The number of nitrogens with zero attached hydrogens (tertiary/aromatic N) is 1. The lowest BCUT2D eigenvalue weighted by atomic mass is 10.2. The number of nitrogens with one attached hydrogen (secondary N) is 1. The lowest BCUT2D eigenvalue weighted by Crippen LogP contribution is -2.22. The van der Waals surface area contributed by atoms with Gasteiger partial charge in [-0.25, -0.2) is 4.99 Å². The van der Waals surface area contributed by atoms with Gasteiger partial charge in [0.2, 0.25) is 0 Å². The van der Waals surface area contributed by atoms with E-state index in [0.29, 0.717) is 29.4 Å². The van der Waals surface area contributed by atoms with E-state index in [9.17, 15) is 4.79 Å². The minimum Gasteiger partial charge on any atom is -0.488 e. The summed E-state index contributed by atoms with van der Waals surface area (Å²) in [4.78, 5) is 16.5. The lowest BCUT2D eigenvalue weighted by molar-refractivity contribution is 0.0913. The molecule has 0 aliphatic carbocycles. The van der Waals surface area contributed by atoms with Crippen molar-refractivity contribution >= 4 is 24.0 Å². The number of aliphatic hydroxyl groups excluding tert-OH is 1. The van der Waals surface area contributed by atoms with Gasteiger partial charge in [-0.2, -0.15) is 0 Å². The highest BCUT2D eigenvalue weighted by atomic mass is 32.2. The van der Waals surface area contributed by atoms with Crippen LogP contribution in [0.3, 0.4) is 0 Å². The molecule has 7 nitrogen and oxygen atoms in total. The highest BCUT2D eigenvalue weighted by Crippen LogP contribution is 2.28. The molecule has 2 N–H and O–H groups in total. The summed E-state index contributed by atoms with van der Waals surface area (Å²) in [7, 11) is 2.61. The van der Waals surface area contributed by atoms with Crippen LogP contribution in [0.25, 0.3) is 0 Å². The lowest BCUT2D eigenvalue weighted by Gasteiger charge is -2.16. The van der Waals surface area contributed by atoms with Crippen LogP contribution in [-0.4, -0.2) is 50.5 Å². The van der Waals surface area contributed by atoms with Crippen LogP contribution in [0.2, 0.25) is 0 Å². The molecule has 0 heterocycles. The first-order chi connectivity index (χ1) is 15.0. The van der Waals surface area contributed by atoms with Crippen molar-refractivity contribution in [2.75, 3.05) is 27.1 Å². The summed E-state index contributed by atoms with van der Waals surface area (Å²) >= 11 is 1.52. The second-order valence-corrected chi connectivity index (χ2v) is 7.01. The van der Waals surface area contributed by atoms with Crippen molar-refractivity contribution in [1.82, 2.24) is 5.32 Å². The quantitative estimate of drug-likeness (QED) is 0.415. The van der Waals surface area contributed by atoms with Crippen molar-refractivity contribution in [3.63, 3.8) is 0 Å². The van der Waals surface area contributed by atoms with Gasteiger partial charge in [0.05, 0.1) is 12.9 Å².